The molecule has 2 nitrogen and oxygen atoms in total. The number of nitrogens with zero attached hydrogens (tertiary/aromatic N) is 2. The van der Waals surface area contributed by atoms with E-state index in [0.717, 1.165) is 56.7 Å². The molecule has 0 bridgehead atoms. The molecule has 2 aromatic carbocycles. The number of hydrogen-bond donors (Lipinski definition) is 0. The molecule has 204 valence electrons. The molecule has 4 rings (SSSR count). The second-order valence-electron chi connectivity index (χ2n) is 9.98. The third-order valence-corrected chi connectivity index (χ3v) is 8.37. The largest absolute Gasteiger partial charge is 0.416 e. The third kappa shape index (κ3) is 7.14. The van der Waals surface area contributed by atoms with Gasteiger partial charge in [0.15, 0.2) is 0 Å². The van der Waals surface area contributed by atoms with Crippen molar-refractivity contribution in [2.24, 2.45) is 0 Å². The van der Waals surface area contributed by atoms with Gasteiger partial charge in [-0.3, -0.25) is 4.90 Å². The standard InChI is InChI=1S/C27H30Cl2F6N2/c28-23-6-4-5-22(25(23)29)24(37-13-9-21(10-14-37)36-11-2-1-3-12-36)8-7-18-15-19(26(30,31)32)17-20(16-18)27(33,34)35/h4-6,15-17,21,24H,1-3,7-14H2. The van der Waals surface area contributed by atoms with E-state index < -0.39 is 23.5 Å². The first-order valence-corrected chi connectivity index (χ1v) is 13.4. The van der Waals surface area contributed by atoms with Crippen molar-refractivity contribution in [3.63, 3.8) is 0 Å². The third-order valence-electron chi connectivity index (χ3n) is 7.54. The van der Waals surface area contributed by atoms with Gasteiger partial charge in [-0.1, -0.05) is 41.8 Å². The van der Waals surface area contributed by atoms with Crippen molar-refractivity contribution in [3.05, 3.63) is 68.7 Å². The molecule has 2 aliphatic heterocycles. The van der Waals surface area contributed by atoms with Crippen molar-refractivity contribution >= 4 is 23.2 Å². The molecule has 2 fully saturated rings. The highest BCUT2D eigenvalue weighted by molar-refractivity contribution is 6.42. The van der Waals surface area contributed by atoms with Crippen LogP contribution in [0.2, 0.25) is 10.0 Å². The molecule has 0 spiro atoms. The average molecular weight is 567 g/mol. The number of aryl methyl sites for hydroxylation is 1. The zero-order valence-electron chi connectivity index (χ0n) is 20.3. The zero-order valence-corrected chi connectivity index (χ0v) is 21.8. The van der Waals surface area contributed by atoms with Crippen LogP contribution >= 0.6 is 23.2 Å². The van der Waals surface area contributed by atoms with E-state index in [1.165, 1.54) is 19.3 Å². The number of alkyl halides is 6. The molecular formula is C27H30Cl2F6N2. The van der Waals surface area contributed by atoms with Crippen LogP contribution in [0, 0.1) is 0 Å². The van der Waals surface area contributed by atoms with Gasteiger partial charge in [-0.05, 0) is 87.0 Å². The highest BCUT2D eigenvalue weighted by atomic mass is 35.5. The van der Waals surface area contributed by atoms with E-state index >= 15 is 0 Å². The summed E-state index contributed by atoms with van der Waals surface area (Å²) in [5.41, 5.74) is -1.85. The summed E-state index contributed by atoms with van der Waals surface area (Å²) in [4.78, 5) is 4.79. The second-order valence-corrected chi connectivity index (χ2v) is 10.8. The number of piperidine rings is 2. The number of hydrogen-bond acceptors (Lipinski definition) is 2. The van der Waals surface area contributed by atoms with E-state index in [0.29, 0.717) is 22.5 Å². The Hall–Kier alpha value is -1.48. The van der Waals surface area contributed by atoms with Crippen LogP contribution in [-0.4, -0.2) is 42.0 Å². The number of likely N-dealkylation sites (tertiary alicyclic amines) is 2. The first kappa shape index (κ1) is 28.5. The van der Waals surface area contributed by atoms with Crippen LogP contribution in [0.3, 0.4) is 0 Å². The Morgan fingerprint density at radius 1 is 0.811 bits per heavy atom. The van der Waals surface area contributed by atoms with Gasteiger partial charge in [0, 0.05) is 25.2 Å². The molecule has 37 heavy (non-hydrogen) atoms. The first-order valence-electron chi connectivity index (χ1n) is 12.6. The van der Waals surface area contributed by atoms with E-state index in [-0.39, 0.29) is 24.1 Å². The highest BCUT2D eigenvalue weighted by Crippen LogP contribution is 2.39. The number of halogens is 8. The van der Waals surface area contributed by atoms with Crippen LogP contribution in [0.5, 0.6) is 0 Å². The van der Waals surface area contributed by atoms with Crippen molar-refractivity contribution in [2.75, 3.05) is 26.2 Å². The molecule has 1 unspecified atom stereocenters. The minimum atomic E-state index is -4.87. The Kier molecular flexibility index (Phi) is 9.04. The Bertz CT molecular complexity index is 1030. The maximum Gasteiger partial charge on any atom is 0.416 e. The molecule has 0 aliphatic carbocycles. The maximum absolute atomic E-state index is 13.4. The summed E-state index contributed by atoms with van der Waals surface area (Å²) in [6.45, 7) is 3.74. The molecule has 2 heterocycles. The van der Waals surface area contributed by atoms with Crippen LogP contribution in [0.1, 0.15) is 66.8 Å². The Labute approximate surface area is 223 Å². The molecule has 0 N–H and O–H groups in total. The van der Waals surface area contributed by atoms with Gasteiger partial charge < -0.3 is 4.90 Å². The van der Waals surface area contributed by atoms with Gasteiger partial charge in [0.1, 0.15) is 0 Å². The summed E-state index contributed by atoms with van der Waals surface area (Å²) in [7, 11) is 0. The first-order chi connectivity index (χ1) is 17.4. The Balaban J connectivity index is 1.57. The van der Waals surface area contributed by atoms with Gasteiger partial charge in [-0.25, -0.2) is 0 Å². The topological polar surface area (TPSA) is 6.48 Å². The molecule has 10 heteroatoms. The summed E-state index contributed by atoms with van der Waals surface area (Å²) >= 11 is 12.8. The summed E-state index contributed by atoms with van der Waals surface area (Å²) in [5.74, 6) is 0. The van der Waals surface area contributed by atoms with Gasteiger partial charge in [-0.2, -0.15) is 26.3 Å². The molecular weight excluding hydrogens is 537 g/mol. The van der Waals surface area contributed by atoms with Gasteiger partial charge in [-0.15, -0.1) is 0 Å². The Morgan fingerprint density at radius 2 is 1.41 bits per heavy atom. The quantitative estimate of drug-likeness (QED) is 0.323. The van der Waals surface area contributed by atoms with E-state index in [1.807, 2.05) is 6.07 Å². The highest BCUT2D eigenvalue weighted by Gasteiger charge is 2.37. The lowest BCUT2D eigenvalue weighted by Gasteiger charge is -2.43. The lowest BCUT2D eigenvalue weighted by Crippen LogP contribution is -2.47. The number of rotatable bonds is 6. The minimum absolute atomic E-state index is 0.00602. The molecule has 0 amide bonds. The monoisotopic (exact) mass is 566 g/mol. The van der Waals surface area contributed by atoms with Gasteiger partial charge in [0.2, 0.25) is 0 Å². The maximum atomic E-state index is 13.4. The van der Waals surface area contributed by atoms with E-state index in [1.54, 1.807) is 12.1 Å². The van der Waals surface area contributed by atoms with Gasteiger partial charge in [0.05, 0.1) is 21.2 Å². The number of benzene rings is 2. The molecule has 2 aliphatic rings. The molecule has 1 atom stereocenters. The molecule has 2 saturated heterocycles. The van der Waals surface area contributed by atoms with E-state index in [4.69, 9.17) is 23.2 Å². The van der Waals surface area contributed by atoms with E-state index in [9.17, 15) is 26.3 Å². The van der Waals surface area contributed by atoms with E-state index in [2.05, 4.69) is 9.80 Å². The van der Waals surface area contributed by atoms with Crippen LogP contribution in [0.4, 0.5) is 26.3 Å². The normalized spacial score (nSPS) is 19.8. The predicted octanol–water partition coefficient (Wildman–Crippen LogP) is 8.66. The zero-order chi connectivity index (χ0) is 26.8. The lowest BCUT2D eigenvalue weighted by atomic mass is 9.92. The fourth-order valence-corrected chi connectivity index (χ4v) is 6.06. The molecule has 0 radical (unpaired) electrons. The summed E-state index contributed by atoms with van der Waals surface area (Å²) in [5, 5.41) is 0.734. The predicted molar refractivity (Wildman–Crippen MR) is 134 cm³/mol. The minimum Gasteiger partial charge on any atom is -0.300 e. The van der Waals surface area contributed by atoms with Crippen molar-refractivity contribution in [1.82, 2.24) is 9.80 Å². The SMILES string of the molecule is FC(F)(F)c1cc(CCC(c2cccc(Cl)c2Cl)N2CCC(N3CCCCC3)CC2)cc(C(F)(F)F)c1. The van der Waals surface area contributed by atoms with Gasteiger partial charge in [0.25, 0.3) is 0 Å². The van der Waals surface area contributed by atoms with Crippen molar-refractivity contribution in [1.29, 1.82) is 0 Å². The summed E-state index contributed by atoms with van der Waals surface area (Å²) < 4.78 is 80.2. The van der Waals surface area contributed by atoms with Crippen molar-refractivity contribution < 1.29 is 26.3 Å². The fraction of sp³-hybridized carbons (Fsp3) is 0.556. The van der Waals surface area contributed by atoms with Crippen LogP contribution in [-0.2, 0) is 18.8 Å². The smallest absolute Gasteiger partial charge is 0.300 e. The van der Waals surface area contributed by atoms with Crippen molar-refractivity contribution in [3.8, 4) is 0 Å². The van der Waals surface area contributed by atoms with Crippen LogP contribution in [0.25, 0.3) is 0 Å². The Morgan fingerprint density at radius 3 is 1.97 bits per heavy atom. The lowest BCUT2D eigenvalue weighted by molar-refractivity contribution is -0.143. The molecule has 0 aromatic heterocycles. The molecule has 0 saturated carbocycles. The second kappa shape index (κ2) is 11.7. The van der Waals surface area contributed by atoms with Crippen molar-refractivity contribution in [2.45, 2.75) is 69.4 Å². The van der Waals surface area contributed by atoms with Gasteiger partial charge >= 0.3 is 12.4 Å². The summed E-state index contributed by atoms with van der Waals surface area (Å²) in [6.07, 6.45) is -3.82. The fourth-order valence-electron chi connectivity index (χ4n) is 5.63. The van der Waals surface area contributed by atoms with Crippen LogP contribution < -0.4 is 0 Å². The van der Waals surface area contributed by atoms with Crippen LogP contribution in [0.15, 0.2) is 36.4 Å². The summed E-state index contributed by atoms with van der Waals surface area (Å²) in [6, 6.07) is 7.27. The average Bonchev–Trinajstić information content (AvgIpc) is 2.86. The molecule has 2 aromatic rings.